The third kappa shape index (κ3) is 2.85. The molecule has 0 bridgehead atoms. The van der Waals surface area contributed by atoms with E-state index in [2.05, 4.69) is 10.4 Å². The number of para-hydroxylation sites is 1. The number of rotatable bonds is 5. The highest BCUT2D eigenvalue weighted by Crippen LogP contribution is 2.07. The fraction of sp³-hybridized carbons (Fsp3) is 0.357. The predicted molar refractivity (Wildman–Crippen MR) is 75.8 cm³/mol. The van der Waals surface area contributed by atoms with Crippen molar-refractivity contribution in [1.82, 2.24) is 15.1 Å². The van der Waals surface area contributed by atoms with Crippen molar-refractivity contribution in [1.29, 1.82) is 0 Å². The smallest absolute Gasteiger partial charge is 0.275 e. The molecule has 1 aromatic heterocycles. The van der Waals surface area contributed by atoms with Crippen molar-refractivity contribution in [3.8, 4) is 0 Å². The Morgan fingerprint density at radius 1 is 1.40 bits per heavy atom. The molecule has 0 fully saturated rings. The van der Waals surface area contributed by atoms with Crippen LogP contribution in [0.2, 0.25) is 0 Å². The highest BCUT2D eigenvalue weighted by Gasteiger charge is 2.15. The average Bonchev–Trinajstić information content (AvgIpc) is 2.47. The van der Waals surface area contributed by atoms with Crippen LogP contribution in [-0.4, -0.2) is 35.9 Å². The van der Waals surface area contributed by atoms with Crippen LogP contribution >= 0.6 is 0 Å². The predicted octanol–water partition coefficient (Wildman–Crippen LogP) is 0.700. The van der Waals surface area contributed by atoms with Crippen molar-refractivity contribution in [2.75, 3.05) is 20.3 Å². The molecule has 0 atom stereocenters. The van der Waals surface area contributed by atoms with Crippen LogP contribution in [0.4, 0.5) is 0 Å². The second-order valence-corrected chi connectivity index (χ2v) is 4.42. The molecule has 2 aromatic rings. The van der Waals surface area contributed by atoms with Crippen LogP contribution in [0.15, 0.2) is 29.1 Å². The molecule has 106 valence electrons. The summed E-state index contributed by atoms with van der Waals surface area (Å²) in [5.74, 6) is -0.451. The summed E-state index contributed by atoms with van der Waals surface area (Å²) in [7, 11) is 3.31. The fourth-order valence-corrected chi connectivity index (χ4v) is 1.98. The van der Waals surface area contributed by atoms with Crippen LogP contribution in [-0.2, 0) is 11.8 Å². The summed E-state index contributed by atoms with van der Waals surface area (Å²) >= 11 is 0. The number of hydrogen-bond acceptors (Lipinski definition) is 4. The van der Waals surface area contributed by atoms with Crippen LogP contribution < -0.4 is 10.7 Å². The van der Waals surface area contributed by atoms with E-state index in [4.69, 9.17) is 4.74 Å². The number of hydrogen-bond donors (Lipinski definition) is 1. The lowest BCUT2D eigenvalue weighted by Crippen LogP contribution is -2.32. The molecule has 1 heterocycles. The first-order valence-corrected chi connectivity index (χ1v) is 6.38. The van der Waals surface area contributed by atoms with Gasteiger partial charge in [-0.1, -0.05) is 12.1 Å². The van der Waals surface area contributed by atoms with E-state index in [-0.39, 0.29) is 11.1 Å². The Hall–Kier alpha value is -2.21. The number of carbonyl (C=O) groups excluding carboxylic acids is 1. The summed E-state index contributed by atoms with van der Waals surface area (Å²) in [6, 6.07) is 7.09. The van der Waals surface area contributed by atoms with Gasteiger partial charge >= 0.3 is 0 Å². The summed E-state index contributed by atoms with van der Waals surface area (Å²) < 4.78 is 6.44. The molecule has 0 unspecified atom stereocenters. The van der Waals surface area contributed by atoms with Gasteiger partial charge in [0.2, 0.25) is 5.43 Å². The zero-order chi connectivity index (χ0) is 14.5. The number of aromatic nitrogens is 2. The average molecular weight is 275 g/mol. The van der Waals surface area contributed by atoms with Gasteiger partial charge in [-0.15, -0.1) is 0 Å². The van der Waals surface area contributed by atoms with Crippen LogP contribution in [0.1, 0.15) is 16.9 Å². The molecular formula is C14H17N3O3. The third-order valence-electron chi connectivity index (χ3n) is 2.99. The van der Waals surface area contributed by atoms with Crippen LogP contribution in [0.3, 0.4) is 0 Å². The van der Waals surface area contributed by atoms with Crippen molar-refractivity contribution in [3.05, 3.63) is 40.2 Å². The summed E-state index contributed by atoms with van der Waals surface area (Å²) in [5.41, 5.74) is 0.278. The summed E-state index contributed by atoms with van der Waals surface area (Å²) in [4.78, 5) is 24.2. The summed E-state index contributed by atoms with van der Waals surface area (Å²) in [6.45, 7) is 1.01. The number of nitrogens with zero attached hydrogens (tertiary/aromatic N) is 2. The van der Waals surface area contributed by atoms with Crippen molar-refractivity contribution in [2.45, 2.75) is 6.42 Å². The van der Waals surface area contributed by atoms with E-state index >= 15 is 0 Å². The standard InChI is InChI=1S/C14H17N3O3/c1-17-11-7-4-3-6-10(11)13(18)12(16-17)14(19)15-8-5-9-20-2/h3-4,6-7H,5,8-9H2,1-2H3,(H,15,19). The van der Waals surface area contributed by atoms with E-state index in [1.165, 1.54) is 0 Å². The molecule has 20 heavy (non-hydrogen) atoms. The van der Waals surface area contributed by atoms with Gasteiger partial charge in [-0.2, -0.15) is 5.10 Å². The number of methoxy groups -OCH3 is 1. The van der Waals surface area contributed by atoms with Crippen molar-refractivity contribution < 1.29 is 9.53 Å². The SMILES string of the molecule is COCCCNC(=O)c1nn(C)c2ccccc2c1=O. The van der Waals surface area contributed by atoms with E-state index in [1.54, 1.807) is 37.0 Å². The highest BCUT2D eigenvalue weighted by molar-refractivity contribution is 5.95. The molecule has 1 N–H and O–H groups in total. The number of amides is 1. The van der Waals surface area contributed by atoms with Gasteiger partial charge < -0.3 is 10.1 Å². The number of carbonyl (C=O) groups is 1. The molecule has 0 saturated heterocycles. The highest BCUT2D eigenvalue weighted by atomic mass is 16.5. The lowest BCUT2D eigenvalue weighted by atomic mass is 10.2. The Morgan fingerprint density at radius 2 is 2.15 bits per heavy atom. The number of ether oxygens (including phenoxy) is 1. The van der Waals surface area contributed by atoms with Gasteiger partial charge in [-0.25, -0.2) is 0 Å². The Morgan fingerprint density at radius 3 is 2.90 bits per heavy atom. The minimum absolute atomic E-state index is 0.0800. The molecule has 0 spiro atoms. The van der Waals surface area contributed by atoms with Crippen molar-refractivity contribution in [3.63, 3.8) is 0 Å². The normalized spacial score (nSPS) is 10.7. The van der Waals surface area contributed by atoms with Crippen molar-refractivity contribution >= 4 is 16.8 Å². The van der Waals surface area contributed by atoms with Crippen LogP contribution in [0, 0.1) is 0 Å². The minimum Gasteiger partial charge on any atom is -0.385 e. The second-order valence-electron chi connectivity index (χ2n) is 4.42. The minimum atomic E-state index is -0.451. The zero-order valence-electron chi connectivity index (χ0n) is 11.5. The van der Waals surface area contributed by atoms with E-state index in [9.17, 15) is 9.59 Å². The van der Waals surface area contributed by atoms with E-state index < -0.39 is 5.91 Å². The molecule has 0 aliphatic heterocycles. The van der Waals surface area contributed by atoms with Gasteiger partial charge in [0.05, 0.1) is 5.52 Å². The second kappa shape index (κ2) is 6.29. The van der Waals surface area contributed by atoms with Gasteiger partial charge in [0.15, 0.2) is 5.69 Å². The maximum absolute atomic E-state index is 12.2. The molecule has 0 aliphatic rings. The van der Waals surface area contributed by atoms with Gasteiger partial charge in [0, 0.05) is 32.7 Å². The molecule has 2 rings (SSSR count). The molecule has 1 amide bonds. The van der Waals surface area contributed by atoms with E-state index in [0.717, 1.165) is 0 Å². The number of nitrogens with one attached hydrogen (secondary N) is 1. The molecular weight excluding hydrogens is 258 g/mol. The van der Waals surface area contributed by atoms with Crippen LogP contribution in [0.25, 0.3) is 10.9 Å². The maximum Gasteiger partial charge on any atom is 0.275 e. The Labute approximate surface area is 116 Å². The first-order valence-electron chi connectivity index (χ1n) is 6.38. The molecule has 6 nitrogen and oxygen atoms in total. The lowest BCUT2D eigenvalue weighted by Gasteiger charge is -2.08. The van der Waals surface area contributed by atoms with Crippen molar-refractivity contribution in [2.24, 2.45) is 7.05 Å². The molecule has 6 heteroatoms. The quantitative estimate of drug-likeness (QED) is 0.815. The first-order chi connectivity index (χ1) is 9.65. The molecule has 0 radical (unpaired) electrons. The molecule has 0 aliphatic carbocycles. The summed E-state index contributed by atoms with van der Waals surface area (Å²) in [6.07, 6.45) is 0.691. The first kappa shape index (κ1) is 14.2. The van der Waals surface area contributed by atoms with Gasteiger partial charge in [-0.05, 0) is 18.6 Å². The number of aryl methyl sites for hydroxylation is 1. The Kier molecular flexibility index (Phi) is 4.47. The summed E-state index contributed by atoms with van der Waals surface area (Å²) in [5, 5.41) is 7.22. The Bertz CT molecular complexity index is 679. The zero-order valence-corrected chi connectivity index (χ0v) is 11.5. The third-order valence-corrected chi connectivity index (χ3v) is 2.99. The largest absolute Gasteiger partial charge is 0.385 e. The van der Waals surface area contributed by atoms with Gasteiger partial charge in [0.1, 0.15) is 0 Å². The van der Waals surface area contributed by atoms with Gasteiger partial charge in [-0.3, -0.25) is 14.3 Å². The Balaban J connectivity index is 2.28. The monoisotopic (exact) mass is 275 g/mol. The number of benzene rings is 1. The molecule has 1 aromatic carbocycles. The van der Waals surface area contributed by atoms with Crippen LogP contribution in [0.5, 0.6) is 0 Å². The van der Waals surface area contributed by atoms with Gasteiger partial charge in [0.25, 0.3) is 5.91 Å². The topological polar surface area (TPSA) is 73.2 Å². The molecule has 0 saturated carbocycles. The number of fused-ring (bicyclic) bond motifs is 1. The lowest BCUT2D eigenvalue weighted by molar-refractivity contribution is 0.0940. The van der Waals surface area contributed by atoms with E-state index in [1.807, 2.05) is 6.07 Å². The fourth-order valence-electron chi connectivity index (χ4n) is 1.98. The van der Waals surface area contributed by atoms with E-state index in [0.29, 0.717) is 30.5 Å². The maximum atomic E-state index is 12.2.